The molecule has 0 saturated carbocycles. The number of hydrogen-bond donors (Lipinski definition) is 1. The molecule has 0 aliphatic carbocycles. The Hall–Kier alpha value is -3.56. The van der Waals surface area contributed by atoms with Gasteiger partial charge in [-0.3, -0.25) is 19.3 Å². The van der Waals surface area contributed by atoms with E-state index >= 15 is 0 Å². The second kappa shape index (κ2) is 10.3. The summed E-state index contributed by atoms with van der Waals surface area (Å²) in [7, 11) is 0. The van der Waals surface area contributed by atoms with Gasteiger partial charge < -0.3 is 19.6 Å². The maximum atomic E-state index is 14.5. The first-order chi connectivity index (χ1) is 18.3. The molecular weight excluding hydrogens is 489 g/mol. The zero-order chi connectivity index (χ0) is 27.0. The molecule has 3 aliphatic heterocycles. The Kier molecular flexibility index (Phi) is 7.07. The lowest BCUT2D eigenvalue weighted by Crippen LogP contribution is -2.52. The van der Waals surface area contributed by atoms with Gasteiger partial charge in [0, 0.05) is 43.9 Å². The van der Waals surface area contributed by atoms with Crippen LogP contribution in [0.15, 0.2) is 48.0 Å². The molecule has 1 unspecified atom stereocenters. The Labute approximate surface area is 221 Å². The molecule has 8 nitrogen and oxygen atoms in total. The van der Waals surface area contributed by atoms with Gasteiger partial charge in [0.05, 0.1) is 24.5 Å². The van der Waals surface area contributed by atoms with E-state index in [1.165, 1.54) is 17.0 Å². The van der Waals surface area contributed by atoms with Crippen LogP contribution < -0.4 is 4.90 Å². The van der Waals surface area contributed by atoms with Gasteiger partial charge in [0.2, 0.25) is 0 Å². The maximum Gasteiger partial charge on any atom is 0.296 e. The van der Waals surface area contributed by atoms with Crippen molar-refractivity contribution in [3.05, 3.63) is 70.5 Å². The number of Topliss-reactive ketones (excluding diaryl/α,β-unsaturated/α-hetero) is 1. The van der Waals surface area contributed by atoms with Crippen LogP contribution in [0.4, 0.5) is 10.1 Å². The SMILES string of the molecule is CCCN1C(=O)C2(/C(=C(/O)c3ccc(C)c(F)c3)C(=O)C(=O)N2CCCN2CCOCC2)c2ccccc21. The average molecular weight is 522 g/mol. The molecule has 2 saturated heterocycles. The van der Waals surface area contributed by atoms with Gasteiger partial charge in [0.25, 0.3) is 17.6 Å². The number of likely N-dealkylation sites (tertiary alicyclic amines) is 1. The van der Waals surface area contributed by atoms with Crippen LogP contribution in [0.3, 0.4) is 0 Å². The number of ketones is 1. The van der Waals surface area contributed by atoms with Crippen LogP contribution in [0.1, 0.15) is 36.5 Å². The van der Waals surface area contributed by atoms with E-state index < -0.39 is 34.7 Å². The van der Waals surface area contributed by atoms with E-state index in [0.717, 1.165) is 19.2 Å². The molecule has 0 bridgehead atoms. The van der Waals surface area contributed by atoms with Crippen LogP contribution in [-0.4, -0.2) is 78.4 Å². The fraction of sp³-hybridized carbons (Fsp3) is 0.414. The van der Waals surface area contributed by atoms with E-state index in [1.807, 2.05) is 6.92 Å². The summed E-state index contributed by atoms with van der Waals surface area (Å²) in [4.78, 5) is 46.7. The van der Waals surface area contributed by atoms with Gasteiger partial charge in [0.1, 0.15) is 11.6 Å². The highest BCUT2D eigenvalue weighted by atomic mass is 19.1. The average Bonchev–Trinajstić information content (AvgIpc) is 3.30. The molecule has 2 fully saturated rings. The number of anilines is 1. The summed E-state index contributed by atoms with van der Waals surface area (Å²) >= 11 is 0. The quantitative estimate of drug-likeness (QED) is 0.342. The van der Waals surface area contributed by atoms with Crippen molar-refractivity contribution >= 4 is 29.0 Å². The van der Waals surface area contributed by atoms with Crippen LogP contribution in [0.5, 0.6) is 0 Å². The fourth-order valence-corrected chi connectivity index (χ4v) is 5.77. The first-order valence-electron chi connectivity index (χ1n) is 13.1. The standard InChI is InChI=1S/C29H32FN3O5/c1-3-11-32-23-8-5-4-7-21(23)29(28(32)37)24(25(34)20-10-9-19(2)22(30)18-20)26(35)27(36)33(29)13-6-12-31-14-16-38-17-15-31/h4-5,7-10,18,34H,3,6,11-17H2,1-2H3/b25-24+. The number of carbonyl (C=O) groups is 3. The molecule has 1 atom stereocenters. The summed E-state index contributed by atoms with van der Waals surface area (Å²) in [6.07, 6.45) is 1.18. The van der Waals surface area contributed by atoms with Gasteiger partial charge in [-0.1, -0.05) is 37.3 Å². The highest BCUT2D eigenvalue weighted by Crippen LogP contribution is 2.53. The topological polar surface area (TPSA) is 90.4 Å². The normalized spacial score (nSPS) is 23.1. The molecule has 1 N–H and O–H groups in total. The Bertz CT molecular complexity index is 1320. The second-order valence-corrected chi connectivity index (χ2v) is 9.97. The second-order valence-electron chi connectivity index (χ2n) is 9.97. The Balaban J connectivity index is 1.66. The lowest BCUT2D eigenvalue weighted by molar-refractivity contribution is -0.143. The van der Waals surface area contributed by atoms with Crippen molar-refractivity contribution in [2.45, 2.75) is 32.2 Å². The minimum Gasteiger partial charge on any atom is -0.507 e. The molecule has 9 heteroatoms. The third-order valence-electron chi connectivity index (χ3n) is 7.66. The number of hydrogen-bond acceptors (Lipinski definition) is 6. The number of halogens is 1. The van der Waals surface area contributed by atoms with Crippen molar-refractivity contribution in [1.82, 2.24) is 9.80 Å². The number of para-hydroxylation sites is 1. The number of ether oxygens (including phenoxy) is 1. The summed E-state index contributed by atoms with van der Waals surface area (Å²) < 4.78 is 19.9. The molecule has 3 heterocycles. The minimum absolute atomic E-state index is 0.0398. The Morgan fingerprint density at radius 3 is 2.50 bits per heavy atom. The predicted octanol–water partition coefficient (Wildman–Crippen LogP) is 3.19. The lowest BCUT2D eigenvalue weighted by Gasteiger charge is -2.35. The van der Waals surface area contributed by atoms with Crippen LogP contribution in [0, 0.1) is 12.7 Å². The molecule has 2 aromatic rings. The zero-order valence-electron chi connectivity index (χ0n) is 21.7. The molecule has 0 aromatic heterocycles. The molecule has 2 amide bonds. The molecule has 0 radical (unpaired) electrons. The molecule has 5 rings (SSSR count). The third kappa shape index (κ3) is 4.01. The van der Waals surface area contributed by atoms with E-state index in [-0.39, 0.29) is 17.7 Å². The molecule has 3 aliphatic rings. The van der Waals surface area contributed by atoms with Crippen LogP contribution in [0.25, 0.3) is 5.76 Å². The van der Waals surface area contributed by atoms with Crippen LogP contribution >= 0.6 is 0 Å². The number of rotatable bonds is 7. The number of aryl methyl sites for hydroxylation is 1. The van der Waals surface area contributed by atoms with Crippen molar-refractivity contribution in [2.24, 2.45) is 0 Å². The van der Waals surface area contributed by atoms with E-state index in [0.29, 0.717) is 56.0 Å². The number of aliphatic hydroxyl groups is 1. The lowest BCUT2D eigenvalue weighted by atomic mass is 9.81. The van der Waals surface area contributed by atoms with Crippen molar-refractivity contribution in [3.63, 3.8) is 0 Å². The molecule has 2 aromatic carbocycles. The third-order valence-corrected chi connectivity index (χ3v) is 7.66. The number of nitrogens with zero attached hydrogens (tertiary/aromatic N) is 3. The van der Waals surface area contributed by atoms with Gasteiger partial charge in [-0.25, -0.2) is 4.39 Å². The number of carbonyl (C=O) groups excluding carboxylic acids is 3. The zero-order valence-corrected chi connectivity index (χ0v) is 21.7. The maximum absolute atomic E-state index is 14.5. The Morgan fingerprint density at radius 1 is 1.05 bits per heavy atom. The van der Waals surface area contributed by atoms with Crippen molar-refractivity contribution in [2.75, 3.05) is 50.8 Å². The van der Waals surface area contributed by atoms with Gasteiger partial charge in [-0.05, 0) is 37.5 Å². The summed E-state index contributed by atoms with van der Waals surface area (Å²) in [6.45, 7) is 7.54. The van der Waals surface area contributed by atoms with Gasteiger partial charge in [0.15, 0.2) is 5.54 Å². The highest BCUT2D eigenvalue weighted by molar-refractivity contribution is 6.50. The van der Waals surface area contributed by atoms with Gasteiger partial charge in [-0.2, -0.15) is 0 Å². The number of amides is 2. The van der Waals surface area contributed by atoms with Crippen molar-refractivity contribution < 1.29 is 28.6 Å². The Morgan fingerprint density at radius 2 is 1.79 bits per heavy atom. The number of morpholine rings is 1. The monoisotopic (exact) mass is 521 g/mol. The molecular formula is C29H32FN3O5. The summed E-state index contributed by atoms with van der Waals surface area (Å²) in [5.41, 5.74) is -0.655. The predicted molar refractivity (Wildman–Crippen MR) is 140 cm³/mol. The summed E-state index contributed by atoms with van der Waals surface area (Å²) in [6, 6.07) is 11.2. The largest absolute Gasteiger partial charge is 0.507 e. The van der Waals surface area contributed by atoms with Crippen molar-refractivity contribution in [1.29, 1.82) is 0 Å². The van der Waals surface area contributed by atoms with Crippen molar-refractivity contribution in [3.8, 4) is 0 Å². The number of fused-ring (bicyclic) bond motifs is 2. The molecule has 38 heavy (non-hydrogen) atoms. The minimum atomic E-state index is -1.82. The van der Waals surface area contributed by atoms with Gasteiger partial charge >= 0.3 is 0 Å². The van der Waals surface area contributed by atoms with Crippen LogP contribution in [-0.2, 0) is 24.7 Å². The smallest absolute Gasteiger partial charge is 0.296 e. The molecule has 1 spiro atoms. The van der Waals surface area contributed by atoms with E-state index in [1.54, 1.807) is 36.1 Å². The van der Waals surface area contributed by atoms with E-state index in [9.17, 15) is 23.9 Å². The van der Waals surface area contributed by atoms with E-state index in [2.05, 4.69) is 4.90 Å². The van der Waals surface area contributed by atoms with Crippen LogP contribution in [0.2, 0.25) is 0 Å². The fourth-order valence-electron chi connectivity index (χ4n) is 5.77. The molecule has 200 valence electrons. The van der Waals surface area contributed by atoms with Gasteiger partial charge in [-0.15, -0.1) is 0 Å². The summed E-state index contributed by atoms with van der Waals surface area (Å²) in [5, 5.41) is 11.5. The number of aliphatic hydroxyl groups excluding tert-OH is 1. The summed E-state index contributed by atoms with van der Waals surface area (Å²) in [5.74, 6) is -3.37. The van der Waals surface area contributed by atoms with E-state index in [4.69, 9.17) is 4.74 Å². The first kappa shape index (κ1) is 26.1. The number of benzene rings is 2. The highest BCUT2D eigenvalue weighted by Gasteiger charge is 2.66. The first-order valence-corrected chi connectivity index (χ1v) is 13.1.